The Balaban J connectivity index is 1.86. The molecule has 0 amide bonds. The van der Waals surface area contributed by atoms with Crippen LogP contribution in [0.1, 0.15) is 12.8 Å². The van der Waals surface area contributed by atoms with Gasteiger partial charge in [-0.2, -0.15) is 0 Å². The van der Waals surface area contributed by atoms with Gasteiger partial charge in [0.2, 0.25) is 0 Å². The highest BCUT2D eigenvalue weighted by atomic mass is 79.9. The lowest BCUT2D eigenvalue weighted by molar-refractivity contribution is -0.119. The number of carbonyl (C=O) groups excluding carboxylic acids is 1. The number of benzene rings is 1. The topological polar surface area (TPSA) is 55.3 Å². The van der Waals surface area contributed by atoms with Crippen molar-refractivity contribution in [3.8, 4) is 11.5 Å². The number of ketones is 1. The Labute approximate surface area is 135 Å². The average Bonchev–Trinajstić information content (AvgIpc) is 2.51. The molecule has 114 valence electrons. The number of aromatic nitrogens is 2. The van der Waals surface area contributed by atoms with E-state index in [0.29, 0.717) is 47.7 Å². The number of carbonyl (C=O) groups is 1. The van der Waals surface area contributed by atoms with E-state index in [4.69, 9.17) is 4.74 Å². The first-order valence-corrected chi connectivity index (χ1v) is 7.62. The van der Waals surface area contributed by atoms with E-state index in [1.165, 1.54) is 24.5 Å². The third-order valence-corrected chi connectivity index (χ3v) is 4.01. The summed E-state index contributed by atoms with van der Waals surface area (Å²) >= 11 is 3.27. The van der Waals surface area contributed by atoms with Gasteiger partial charge in [-0.15, -0.1) is 0 Å². The highest BCUT2D eigenvalue weighted by Crippen LogP contribution is 2.34. The molecule has 1 fully saturated rings. The molecule has 0 atom stereocenters. The number of ether oxygens (including phenoxy) is 1. The van der Waals surface area contributed by atoms with Gasteiger partial charge in [0.1, 0.15) is 23.7 Å². The second kappa shape index (κ2) is 6.39. The molecule has 0 radical (unpaired) electrons. The van der Waals surface area contributed by atoms with Gasteiger partial charge >= 0.3 is 0 Å². The number of Topliss-reactive ketones (excluding diaryl/α,β-unsaturated/α-hetero) is 1. The summed E-state index contributed by atoms with van der Waals surface area (Å²) in [6.45, 7) is 1.22. The van der Waals surface area contributed by atoms with Crippen LogP contribution in [0.5, 0.6) is 11.5 Å². The van der Waals surface area contributed by atoms with Crippen LogP contribution in [0.2, 0.25) is 0 Å². The second-order valence-corrected chi connectivity index (χ2v) is 5.77. The van der Waals surface area contributed by atoms with Crippen molar-refractivity contribution in [3.63, 3.8) is 0 Å². The van der Waals surface area contributed by atoms with Crippen LogP contribution in [0.4, 0.5) is 10.2 Å². The Hall–Kier alpha value is -2.02. The van der Waals surface area contributed by atoms with E-state index in [1.807, 2.05) is 4.90 Å². The van der Waals surface area contributed by atoms with Crippen molar-refractivity contribution in [2.24, 2.45) is 0 Å². The molecule has 1 aromatic heterocycles. The maximum absolute atomic E-state index is 13.1. The van der Waals surface area contributed by atoms with Crippen molar-refractivity contribution in [2.45, 2.75) is 12.8 Å². The van der Waals surface area contributed by atoms with Crippen LogP contribution in [0.25, 0.3) is 0 Å². The summed E-state index contributed by atoms with van der Waals surface area (Å²) in [5.74, 6) is 1.50. The molecule has 2 aromatic rings. The standard InChI is InChI=1S/C15H13BrFN3O2/c16-12-7-10(17)1-2-13(12)22-14-8-18-9-19-15(14)20-5-3-11(21)4-6-20/h1-2,7-9H,3-6H2. The Kier molecular flexibility index (Phi) is 4.33. The van der Waals surface area contributed by atoms with Crippen LogP contribution >= 0.6 is 15.9 Å². The van der Waals surface area contributed by atoms with Gasteiger partial charge in [0, 0.05) is 25.9 Å². The predicted molar refractivity (Wildman–Crippen MR) is 82.7 cm³/mol. The van der Waals surface area contributed by atoms with Crippen LogP contribution in [-0.2, 0) is 4.79 Å². The normalized spacial score (nSPS) is 15.0. The van der Waals surface area contributed by atoms with Gasteiger partial charge < -0.3 is 9.64 Å². The summed E-state index contributed by atoms with van der Waals surface area (Å²) < 4.78 is 19.5. The second-order valence-electron chi connectivity index (χ2n) is 4.91. The molecule has 0 unspecified atom stereocenters. The molecule has 0 aliphatic carbocycles. The van der Waals surface area contributed by atoms with Gasteiger partial charge in [0.05, 0.1) is 10.7 Å². The molecule has 0 bridgehead atoms. The minimum atomic E-state index is -0.349. The van der Waals surface area contributed by atoms with Crippen LogP contribution < -0.4 is 9.64 Å². The molecule has 1 aliphatic heterocycles. The maximum atomic E-state index is 13.1. The van der Waals surface area contributed by atoms with Gasteiger partial charge in [0.25, 0.3) is 0 Å². The maximum Gasteiger partial charge on any atom is 0.188 e. The lowest BCUT2D eigenvalue weighted by Gasteiger charge is -2.28. The number of hydrogen-bond donors (Lipinski definition) is 0. The van der Waals surface area contributed by atoms with Crippen molar-refractivity contribution in [1.29, 1.82) is 0 Å². The smallest absolute Gasteiger partial charge is 0.188 e. The third kappa shape index (κ3) is 3.24. The fraction of sp³-hybridized carbons (Fsp3) is 0.267. The number of rotatable bonds is 3. The fourth-order valence-corrected chi connectivity index (χ4v) is 2.70. The van der Waals surface area contributed by atoms with Crippen LogP contribution in [0.3, 0.4) is 0 Å². The fourth-order valence-electron chi connectivity index (χ4n) is 2.26. The van der Waals surface area contributed by atoms with Gasteiger partial charge in [0.15, 0.2) is 11.6 Å². The zero-order chi connectivity index (χ0) is 15.5. The molecular weight excluding hydrogens is 353 g/mol. The minimum Gasteiger partial charge on any atom is -0.451 e. The van der Waals surface area contributed by atoms with E-state index in [1.54, 1.807) is 6.20 Å². The highest BCUT2D eigenvalue weighted by Gasteiger charge is 2.21. The third-order valence-electron chi connectivity index (χ3n) is 3.39. The van der Waals surface area contributed by atoms with E-state index in [9.17, 15) is 9.18 Å². The largest absolute Gasteiger partial charge is 0.451 e. The molecule has 0 spiro atoms. The molecule has 1 aliphatic rings. The first-order valence-electron chi connectivity index (χ1n) is 6.83. The number of hydrogen-bond acceptors (Lipinski definition) is 5. The lowest BCUT2D eigenvalue weighted by atomic mass is 10.1. The SMILES string of the molecule is O=C1CCN(c2ncncc2Oc2ccc(F)cc2Br)CC1. The molecule has 0 saturated carbocycles. The Morgan fingerprint density at radius 2 is 2.00 bits per heavy atom. The number of anilines is 1. The molecule has 0 N–H and O–H groups in total. The Morgan fingerprint density at radius 3 is 2.73 bits per heavy atom. The summed E-state index contributed by atoms with van der Waals surface area (Å²) in [6.07, 6.45) is 4.01. The molecule has 5 nitrogen and oxygen atoms in total. The summed E-state index contributed by atoms with van der Waals surface area (Å²) in [6, 6.07) is 4.19. The summed E-state index contributed by atoms with van der Waals surface area (Å²) in [5.41, 5.74) is 0. The first kappa shape index (κ1) is 14.9. The molecule has 2 heterocycles. The molecule has 3 rings (SSSR count). The predicted octanol–water partition coefficient (Wildman–Crippen LogP) is 3.34. The summed E-state index contributed by atoms with van der Waals surface area (Å²) in [7, 11) is 0. The lowest BCUT2D eigenvalue weighted by Crippen LogP contribution is -2.34. The van der Waals surface area contributed by atoms with Gasteiger partial charge in [-0.05, 0) is 34.1 Å². The summed E-state index contributed by atoms with van der Waals surface area (Å²) in [4.78, 5) is 21.6. The van der Waals surface area contributed by atoms with E-state index in [2.05, 4.69) is 25.9 Å². The van der Waals surface area contributed by atoms with Crippen LogP contribution in [-0.4, -0.2) is 28.8 Å². The zero-order valence-corrected chi connectivity index (χ0v) is 13.2. The van der Waals surface area contributed by atoms with Crippen molar-refractivity contribution in [3.05, 3.63) is 41.0 Å². The van der Waals surface area contributed by atoms with Crippen LogP contribution in [0.15, 0.2) is 35.2 Å². The molecular formula is C15H13BrFN3O2. The zero-order valence-electron chi connectivity index (χ0n) is 11.6. The quantitative estimate of drug-likeness (QED) is 0.834. The van der Waals surface area contributed by atoms with Gasteiger partial charge in [-0.1, -0.05) is 0 Å². The number of piperidine rings is 1. The first-order chi connectivity index (χ1) is 10.6. The van der Waals surface area contributed by atoms with Crippen molar-refractivity contribution in [2.75, 3.05) is 18.0 Å². The van der Waals surface area contributed by atoms with E-state index in [0.717, 1.165) is 0 Å². The minimum absolute atomic E-state index is 0.258. The van der Waals surface area contributed by atoms with E-state index in [-0.39, 0.29) is 11.6 Å². The number of nitrogens with zero attached hydrogens (tertiary/aromatic N) is 3. The highest BCUT2D eigenvalue weighted by molar-refractivity contribution is 9.10. The van der Waals surface area contributed by atoms with Gasteiger partial charge in [-0.3, -0.25) is 4.79 Å². The monoisotopic (exact) mass is 365 g/mol. The Bertz CT molecular complexity index is 701. The molecule has 1 saturated heterocycles. The van der Waals surface area contributed by atoms with Crippen molar-refractivity contribution < 1.29 is 13.9 Å². The molecule has 1 aromatic carbocycles. The van der Waals surface area contributed by atoms with E-state index >= 15 is 0 Å². The van der Waals surface area contributed by atoms with Gasteiger partial charge in [-0.25, -0.2) is 14.4 Å². The number of halogens is 2. The van der Waals surface area contributed by atoms with Crippen LogP contribution in [0, 0.1) is 5.82 Å². The van der Waals surface area contributed by atoms with Crippen molar-refractivity contribution >= 4 is 27.5 Å². The van der Waals surface area contributed by atoms with Crippen molar-refractivity contribution in [1.82, 2.24) is 9.97 Å². The van der Waals surface area contributed by atoms with E-state index < -0.39 is 0 Å². The Morgan fingerprint density at radius 1 is 1.23 bits per heavy atom. The summed E-state index contributed by atoms with van der Waals surface area (Å²) in [5, 5.41) is 0. The molecule has 7 heteroatoms. The molecule has 22 heavy (non-hydrogen) atoms. The average molecular weight is 366 g/mol.